The first-order valence-corrected chi connectivity index (χ1v) is 8.49. The molecule has 0 spiro atoms. The minimum Gasteiger partial charge on any atom is -0.445 e. The summed E-state index contributed by atoms with van der Waals surface area (Å²) < 4.78 is 5.00. The maximum absolute atomic E-state index is 11.9. The number of alkyl carbamates (subject to hydrolysis) is 1. The molecule has 0 unspecified atom stereocenters. The van der Waals surface area contributed by atoms with Crippen LogP contribution in [0.5, 0.6) is 0 Å². The lowest BCUT2D eigenvalue weighted by Crippen LogP contribution is -2.46. The largest absolute Gasteiger partial charge is 0.445 e. The van der Waals surface area contributed by atoms with Crippen molar-refractivity contribution >= 4 is 17.9 Å². The molecule has 144 valence electrons. The molecule has 8 heteroatoms. The molecule has 5 N–H and O–H groups in total. The Morgan fingerprint density at radius 3 is 2.42 bits per heavy atom. The van der Waals surface area contributed by atoms with Gasteiger partial charge in [0.05, 0.1) is 12.5 Å². The number of carbonyl (C=O) groups excluding carboxylic acids is 3. The fourth-order valence-electron chi connectivity index (χ4n) is 2.23. The molecule has 1 aromatic carbocycles. The normalized spacial score (nSPS) is 12.9. The van der Waals surface area contributed by atoms with Gasteiger partial charge in [0.2, 0.25) is 11.8 Å². The van der Waals surface area contributed by atoms with Crippen molar-refractivity contribution < 1.29 is 24.2 Å². The highest BCUT2D eigenvalue weighted by Gasteiger charge is 2.21. The molecule has 0 aliphatic rings. The van der Waals surface area contributed by atoms with Gasteiger partial charge in [-0.3, -0.25) is 9.59 Å². The second-order valence-corrected chi connectivity index (χ2v) is 6.45. The van der Waals surface area contributed by atoms with Crippen LogP contribution in [-0.4, -0.2) is 41.7 Å². The van der Waals surface area contributed by atoms with Crippen LogP contribution in [0.1, 0.15) is 32.3 Å². The predicted molar refractivity (Wildman–Crippen MR) is 95.8 cm³/mol. The Kier molecular flexibility index (Phi) is 9.14. The van der Waals surface area contributed by atoms with Gasteiger partial charge < -0.3 is 26.2 Å². The summed E-state index contributed by atoms with van der Waals surface area (Å²) in [6, 6.07) is 8.38. The van der Waals surface area contributed by atoms with Crippen molar-refractivity contribution in [1.29, 1.82) is 0 Å². The summed E-state index contributed by atoms with van der Waals surface area (Å²) in [5.41, 5.74) is 6.09. The van der Waals surface area contributed by atoms with Gasteiger partial charge >= 0.3 is 6.09 Å². The fourth-order valence-corrected chi connectivity index (χ4v) is 2.23. The summed E-state index contributed by atoms with van der Waals surface area (Å²) in [6.45, 7) is 3.77. The number of carbonyl (C=O) groups is 3. The zero-order chi connectivity index (χ0) is 19.5. The zero-order valence-electron chi connectivity index (χ0n) is 15.1. The Morgan fingerprint density at radius 1 is 1.19 bits per heavy atom. The van der Waals surface area contributed by atoms with Gasteiger partial charge in [-0.25, -0.2) is 4.79 Å². The molecule has 0 bridgehead atoms. The molecule has 0 aromatic heterocycles. The Morgan fingerprint density at radius 2 is 1.85 bits per heavy atom. The van der Waals surface area contributed by atoms with Crippen LogP contribution in [0, 0.1) is 5.92 Å². The number of rotatable bonds is 10. The molecule has 0 saturated carbocycles. The average molecular weight is 365 g/mol. The number of benzene rings is 1. The minimum absolute atomic E-state index is 0.110. The molecule has 0 saturated heterocycles. The molecular weight excluding hydrogens is 338 g/mol. The number of amides is 3. The maximum atomic E-state index is 11.9. The van der Waals surface area contributed by atoms with Crippen LogP contribution in [0.3, 0.4) is 0 Å². The number of hydrogen-bond donors (Lipinski definition) is 4. The van der Waals surface area contributed by atoms with Crippen molar-refractivity contribution in [3.8, 4) is 0 Å². The van der Waals surface area contributed by atoms with Crippen LogP contribution in [0.4, 0.5) is 4.79 Å². The number of aliphatic hydroxyl groups excluding tert-OH is 1. The van der Waals surface area contributed by atoms with E-state index in [0.717, 1.165) is 5.56 Å². The van der Waals surface area contributed by atoms with E-state index < -0.39 is 30.1 Å². The van der Waals surface area contributed by atoms with Gasteiger partial charge in [-0.2, -0.15) is 0 Å². The van der Waals surface area contributed by atoms with Crippen molar-refractivity contribution in [3.05, 3.63) is 35.9 Å². The quantitative estimate of drug-likeness (QED) is 0.484. The number of hydrogen-bond acceptors (Lipinski definition) is 5. The summed E-state index contributed by atoms with van der Waals surface area (Å²) >= 11 is 0. The Labute approximate surface area is 153 Å². The number of nitrogens with two attached hydrogens (primary N) is 1. The second-order valence-electron chi connectivity index (χ2n) is 6.45. The van der Waals surface area contributed by atoms with Gasteiger partial charge in [0.25, 0.3) is 0 Å². The average Bonchev–Trinajstić information content (AvgIpc) is 2.58. The molecule has 0 radical (unpaired) electrons. The molecule has 2 atom stereocenters. The number of aliphatic hydroxyl groups is 1. The van der Waals surface area contributed by atoms with Gasteiger partial charge in [0.1, 0.15) is 12.6 Å². The Balaban J connectivity index is 2.29. The third kappa shape index (κ3) is 9.03. The smallest absolute Gasteiger partial charge is 0.407 e. The van der Waals surface area contributed by atoms with Gasteiger partial charge in [0, 0.05) is 6.54 Å². The Bertz CT molecular complexity index is 592. The van der Waals surface area contributed by atoms with Crippen LogP contribution < -0.4 is 16.4 Å². The van der Waals surface area contributed by atoms with E-state index in [4.69, 9.17) is 10.5 Å². The zero-order valence-corrected chi connectivity index (χ0v) is 15.1. The van der Waals surface area contributed by atoms with Crippen LogP contribution in [0.15, 0.2) is 30.3 Å². The summed E-state index contributed by atoms with van der Waals surface area (Å²) in [4.78, 5) is 34.8. The molecule has 1 aromatic rings. The third-order valence-electron chi connectivity index (χ3n) is 3.50. The van der Waals surface area contributed by atoms with E-state index >= 15 is 0 Å². The second kappa shape index (κ2) is 11.1. The van der Waals surface area contributed by atoms with E-state index in [9.17, 15) is 19.5 Å². The molecular formula is C18H27N3O5. The minimum atomic E-state index is -1.10. The molecule has 8 nitrogen and oxygen atoms in total. The third-order valence-corrected chi connectivity index (χ3v) is 3.50. The lowest BCUT2D eigenvalue weighted by molar-refractivity contribution is -0.128. The highest BCUT2D eigenvalue weighted by molar-refractivity contribution is 5.86. The number of ether oxygens (including phenoxy) is 1. The van der Waals surface area contributed by atoms with Gasteiger partial charge in [-0.15, -0.1) is 0 Å². The molecule has 1 rings (SSSR count). The lowest BCUT2D eigenvalue weighted by Gasteiger charge is -2.18. The van der Waals surface area contributed by atoms with Gasteiger partial charge in [-0.1, -0.05) is 44.2 Å². The predicted octanol–water partition coefficient (Wildman–Crippen LogP) is 0.680. The van der Waals surface area contributed by atoms with Gasteiger partial charge in [-0.05, 0) is 17.9 Å². The van der Waals surface area contributed by atoms with E-state index in [1.54, 1.807) is 0 Å². The van der Waals surface area contributed by atoms with Crippen molar-refractivity contribution in [3.63, 3.8) is 0 Å². The van der Waals surface area contributed by atoms with E-state index in [1.807, 2.05) is 44.2 Å². The Hall–Kier alpha value is -2.61. The summed E-state index contributed by atoms with van der Waals surface area (Å²) in [7, 11) is 0. The van der Waals surface area contributed by atoms with Crippen LogP contribution in [-0.2, 0) is 20.9 Å². The maximum Gasteiger partial charge on any atom is 0.407 e. The summed E-state index contributed by atoms with van der Waals surface area (Å²) in [5.74, 6) is -0.954. The van der Waals surface area contributed by atoms with E-state index in [-0.39, 0.29) is 25.5 Å². The SMILES string of the molecule is CC(C)C[C@@H](NC(=O)C[C@H](O)CNC(=O)OCc1ccccc1)C(N)=O. The van der Waals surface area contributed by atoms with Crippen molar-refractivity contribution in [1.82, 2.24) is 10.6 Å². The molecule has 0 aliphatic heterocycles. The van der Waals surface area contributed by atoms with Crippen molar-refractivity contribution in [2.45, 2.75) is 45.4 Å². The number of nitrogens with one attached hydrogen (secondary N) is 2. The van der Waals surface area contributed by atoms with Crippen molar-refractivity contribution in [2.75, 3.05) is 6.54 Å². The molecule has 26 heavy (non-hydrogen) atoms. The standard InChI is InChI=1S/C18H27N3O5/c1-12(2)8-15(17(19)24)21-16(23)9-14(22)10-20-18(25)26-11-13-6-4-3-5-7-13/h3-7,12,14-15,22H,8-11H2,1-2H3,(H2,19,24)(H,20,25)(H,21,23)/t14-,15+/m0/s1. The first-order chi connectivity index (χ1) is 12.3. The van der Waals surface area contributed by atoms with Gasteiger partial charge in [0.15, 0.2) is 0 Å². The fraction of sp³-hybridized carbons (Fsp3) is 0.500. The van der Waals surface area contributed by atoms with Crippen molar-refractivity contribution in [2.24, 2.45) is 11.7 Å². The first-order valence-electron chi connectivity index (χ1n) is 8.49. The van der Waals surface area contributed by atoms with Crippen LogP contribution in [0.2, 0.25) is 0 Å². The van der Waals surface area contributed by atoms with Crippen LogP contribution in [0.25, 0.3) is 0 Å². The van der Waals surface area contributed by atoms with E-state index in [0.29, 0.717) is 6.42 Å². The van der Waals surface area contributed by atoms with Crippen LogP contribution >= 0.6 is 0 Å². The first kappa shape index (κ1) is 21.4. The molecule has 3 amide bonds. The van der Waals surface area contributed by atoms with E-state index in [2.05, 4.69) is 10.6 Å². The molecule has 0 fully saturated rings. The number of primary amides is 1. The van der Waals surface area contributed by atoms with E-state index in [1.165, 1.54) is 0 Å². The summed E-state index contributed by atoms with van der Waals surface area (Å²) in [5, 5.41) is 14.7. The highest BCUT2D eigenvalue weighted by atomic mass is 16.5. The lowest BCUT2D eigenvalue weighted by atomic mass is 10.0. The molecule has 0 heterocycles. The summed E-state index contributed by atoms with van der Waals surface area (Å²) in [6.07, 6.45) is -1.64. The molecule has 0 aliphatic carbocycles. The topological polar surface area (TPSA) is 131 Å². The monoisotopic (exact) mass is 365 g/mol. The highest BCUT2D eigenvalue weighted by Crippen LogP contribution is 2.05.